The topological polar surface area (TPSA) is 79.5 Å². The van der Waals surface area contributed by atoms with Crippen LogP contribution in [0.15, 0.2) is 53.4 Å². The summed E-state index contributed by atoms with van der Waals surface area (Å²) in [5.41, 5.74) is 1.29. The molecule has 148 valence electrons. The Morgan fingerprint density at radius 2 is 1.93 bits per heavy atom. The van der Waals surface area contributed by atoms with Gasteiger partial charge in [0.15, 0.2) is 0 Å². The summed E-state index contributed by atoms with van der Waals surface area (Å²) < 4.78 is 5.17. The number of methoxy groups -OCH3 is 1. The molecule has 6 nitrogen and oxygen atoms in total. The van der Waals surface area contributed by atoms with E-state index in [1.165, 1.54) is 11.8 Å². The molecule has 1 heterocycles. The fraction of sp³-hybridized carbons (Fsp3) is 0.333. The second-order valence-corrected chi connectivity index (χ2v) is 7.58. The molecule has 0 spiro atoms. The first-order chi connectivity index (χ1) is 13.7. The van der Waals surface area contributed by atoms with E-state index in [1.807, 2.05) is 36.4 Å². The van der Waals surface area contributed by atoms with Crippen LogP contribution in [0.25, 0.3) is 0 Å². The largest absolute Gasteiger partial charge is 0.497 e. The minimum Gasteiger partial charge on any atom is -0.497 e. The van der Waals surface area contributed by atoms with Crippen molar-refractivity contribution in [3.63, 3.8) is 0 Å². The van der Waals surface area contributed by atoms with E-state index in [4.69, 9.17) is 4.74 Å². The van der Waals surface area contributed by atoms with Crippen LogP contribution in [0.4, 0.5) is 5.69 Å². The third kappa shape index (κ3) is 5.74. The van der Waals surface area contributed by atoms with Crippen molar-refractivity contribution in [1.29, 1.82) is 0 Å². The number of anilines is 1. The van der Waals surface area contributed by atoms with Gasteiger partial charge in [0.25, 0.3) is 5.91 Å². The summed E-state index contributed by atoms with van der Waals surface area (Å²) in [5.74, 6) is 0.690. The number of hydrogen-bond donors (Lipinski definition) is 3. The fourth-order valence-corrected chi connectivity index (χ4v) is 3.90. The van der Waals surface area contributed by atoms with Gasteiger partial charge in [0.2, 0.25) is 5.91 Å². The maximum absolute atomic E-state index is 12.7. The molecule has 7 heteroatoms. The van der Waals surface area contributed by atoms with Crippen LogP contribution >= 0.6 is 11.8 Å². The van der Waals surface area contributed by atoms with Gasteiger partial charge in [0, 0.05) is 22.7 Å². The minimum atomic E-state index is -0.133. The second kappa shape index (κ2) is 10.1. The van der Waals surface area contributed by atoms with Crippen LogP contribution in [0, 0.1) is 0 Å². The van der Waals surface area contributed by atoms with E-state index < -0.39 is 0 Å². The summed E-state index contributed by atoms with van der Waals surface area (Å²) in [7, 11) is 1.59. The van der Waals surface area contributed by atoms with Crippen LogP contribution in [-0.4, -0.2) is 43.8 Å². The third-order valence-electron chi connectivity index (χ3n) is 4.52. The van der Waals surface area contributed by atoms with Gasteiger partial charge >= 0.3 is 0 Å². The Balaban J connectivity index is 1.58. The van der Waals surface area contributed by atoms with E-state index in [2.05, 4.69) is 16.0 Å². The van der Waals surface area contributed by atoms with E-state index in [1.54, 1.807) is 19.2 Å². The summed E-state index contributed by atoms with van der Waals surface area (Å²) in [6.07, 6.45) is 1.87. The molecule has 3 rings (SSSR count). The van der Waals surface area contributed by atoms with Gasteiger partial charge < -0.3 is 20.7 Å². The average Bonchev–Trinajstić information content (AvgIpc) is 2.73. The predicted octanol–water partition coefficient (Wildman–Crippen LogP) is 2.91. The number of rotatable bonds is 7. The van der Waals surface area contributed by atoms with Crippen molar-refractivity contribution in [2.24, 2.45) is 0 Å². The molecule has 2 aromatic rings. The molecule has 0 atom stereocenters. The minimum absolute atomic E-state index is 0.0804. The molecule has 1 aliphatic rings. The molecule has 1 saturated heterocycles. The Hall–Kier alpha value is -2.51. The summed E-state index contributed by atoms with van der Waals surface area (Å²) in [4.78, 5) is 25.8. The molecular formula is C21H25N3O3S. The Labute approximate surface area is 169 Å². The Morgan fingerprint density at radius 3 is 2.71 bits per heavy atom. The summed E-state index contributed by atoms with van der Waals surface area (Å²) in [5, 5.41) is 9.25. The van der Waals surface area contributed by atoms with Crippen molar-refractivity contribution in [1.82, 2.24) is 10.6 Å². The molecule has 1 fully saturated rings. The maximum atomic E-state index is 12.7. The predicted molar refractivity (Wildman–Crippen MR) is 112 cm³/mol. The fourth-order valence-electron chi connectivity index (χ4n) is 3.05. The molecular weight excluding hydrogens is 374 g/mol. The smallest absolute Gasteiger partial charge is 0.252 e. The van der Waals surface area contributed by atoms with Gasteiger partial charge in [0.05, 0.1) is 18.4 Å². The molecule has 2 aromatic carbocycles. The molecule has 3 N–H and O–H groups in total. The van der Waals surface area contributed by atoms with Crippen LogP contribution in [-0.2, 0) is 4.79 Å². The van der Waals surface area contributed by atoms with Gasteiger partial charge in [-0.2, -0.15) is 0 Å². The number of hydrogen-bond acceptors (Lipinski definition) is 5. The zero-order chi connectivity index (χ0) is 19.8. The van der Waals surface area contributed by atoms with Crippen molar-refractivity contribution >= 4 is 29.3 Å². The van der Waals surface area contributed by atoms with Crippen LogP contribution in [0.2, 0.25) is 0 Å². The quantitative estimate of drug-likeness (QED) is 0.624. The van der Waals surface area contributed by atoms with Crippen LogP contribution in [0.5, 0.6) is 5.75 Å². The number of benzene rings is 2. The summed E-state index contributed by atoms with van der Waals surface area (Å²) >= 11 is 1.36. The normalized spacial score (nSPS) is 14.3. The SMILES string of the molecule is COc1cccc(NC(=O)CSc2ccccc2C(=O)NC2CCNCC2)c1. The van der Waals surface area contributed by atoms with Gasteiger partial charge in [-0.05, 0) is 50.2 Å². The average molecular weight is 400 g/mol. The van der Waals surface area contributed by atoms with Crippen molar-refractivity contribution < 1.29 is 14.3 Å². The van der Waals surface area contributed by atoms with E-state index in [0.29, 0.717) is 17.0 Å². The van der Waals surface area contributed by atoms with E-state index in [9.17, 15) is 9.59 Å². The monoisotopic (exact) mass is 399 g/mol. The first kappa shape index (κ1) is 20.2. The highest BCUT2D eigenvalue weighted by molar-refractivity contribution is 8.00. The van der Waals surface area contributed by atoms with Gasteiger partial charge in [-0.1, -0.05) is 18.2 Å². The standard InChI is InChI=1S/C21H25N3O3S/c1-27-17-6-4-5-16(13-17)23-20(25)14-28-19-8-3-2-7-18(19)21(26)24-15-9-11-22-12-10-15/h2-8,13,15,22H,9-12,14H2,1H3,(H,23,25)(H,24,26). The lowest BCUT2D eigenvalue weighted by Crippen LogP contribution is -2.42. The van der Waals surface area contributed by atoms with Crippen LogP contribution < -0.4 is 20.7 Å². The molecule has 2 amide bonds. The van der Waals surface area contributed by atoms with Crippen molar-refractivity contribution in [2.45, 2.75) is 23.8 Å². The first-order valence-electron chi connectivity index (χ1n) is 9.33. The third-order valence-corrected chi connectivity index (χ3v) is 5.59. The zero-order valence-corrected chi connectivity index (χ0v) is 16.7. The van der Waals surface area contributed by atoms with Crippen LogP contribution in [0.3, 0.4) is 0 Å². The van der Waals surface area contributed by atoms with Gasteiger partial charge in [-0.15, -0.1) is 11.8 Å². The number of ether oxygens (including phenoxy) is 1. The highest BCUT2D eigenvalue weighted by atomic mass is 32.2. The Morgan fingerprint density at radius 1 is 1.14 bits per heavy atom. The number of thioether (sulfide) groups is 1. The lowest BCUT2D eigenvalue weighted by molar-refractivity contribution is -0.113. The lowest BCUT2D eigenvalue weighted by Gasteiger charge is -2.24. The number of carbonyl (C=O) groups is 2. The summed E-state index contributed by atoms with van der Waals surface area (Å²) in [6.45, 7) is 1.84. The molecule has 1 aliphatic heterocycles. The highest BCUT2D eigenvalue weighted by Crippen LogP contribution is 2.24. The molecule has 0 bridgehead atoms. The second-order valence-electron chi connectivity index (χ2n) is 6.56. The highest BCUT2D eigenvalue weighted by Gasteiger charge is 2.18. The molecule has 0 saturated carbocycles. The zero-order valence-electron chi connectivity index (χ0n) is 15.9. The van der Waals surface area contributed by atoms with Crippen LogP contribution in [0.1, 0.15) is 23.2 Å². The molecule has 0 aliphatic carbocycles. The first-order valence-corrected chi connectivity index (χ1v) is 10.3. The van der Waals surface area contributed by atoms with E-state index in [-0.39, 0.29) is 23.6 Å². The van der Waals surface area contributed by atoms with Crippen molar-refractivity contribution in [3.8, 4) is 5.75 Å². The molecule has 0 unspecified atom stereocenters. The van der Waals surface area contributed by atoms with Gasteiger partial charge in [-0.3, -0.25) is 9.59 Å². The van der Waals surface area contributed by atoms with Gasteiger partial charge in [-0.25, -0.2) is 0 Å². The number of carbonyl (C=O) groups excluding carboxylic acids is 2. The van der Waals surface area contributed by atoms with Crippen molar-refractivity contribution in [2.75, 3.05) is 31.3 Å². The number of piperidine rings is 1. The van der Waals surface area contributed by atoms with Crippen molar-refractivity contribution in [3.05, 3.63) is 54.1 Å². The molecule has 0 aromatic heterocycles. The number of nitrogens with one attached hydrogen (secondary N) is 3. The lowest BCUT2D eigenvalue weighted by atomic mass is 10.1. The maximum Gasteiger partial charge on any atom is 0.252 e. The Bertz CT molecular complexity index is 822. The van der Waals surface area contributed by atoms with E-state index in [0.717, 1.165) is 30.8 Å². The number of amides is 2. The van der Waals surface area contributed by atoms with Gasteiger partial charge in [0.1, 0.15) is 5.75 Å². The summed E-state index contributed by atoms with van der Waals surface area (Å²) in [6, 6.07) is 14.8. The molecule has 28 heavy (non-hydrogen) atoms. The molecule has 0 radical (unpaired) electrons. The Kier molecular flexibility index (Phi) is 7.33. The van der Waals surface area contributed by atoms with E-state index >= 15 is 0 Å².